The summed E-state index contributed by atoms with van der Waals surface area (Å²) in [5, 5.41) is 3.54. The van der Waals surface area contributed by atoms with Crippen molar-refractivity contribution in [3.8, 4) is 5.75 Å². The number of hydrogen-bond donors (Lipinski definition) is 1. The standard InChI is InChI=1S/C17H25F2NO/c1-2-12-20-16(13-8-4-3-5-9-13)14-10-6-7-11-15(14)21-17(18)19/h6-7,10-11,13,16-17,20H,2-5,8-9,12H2,1H3. The molecule has 1 aliphatic rings. The van der Waals surface area contributed by atoms with Gasteiger partial charge in [-0.15, -0.1) is 0 Å². The van der Waals surface area contributed by atoms with E-state index in [1.165, 1.54) is 19.3 Å². The fourth-order valence-corrected chi connectivity index (χ4v) is 3.24. The van der Waals surface area contributed by atoms with Crippen molar-refractivity contribution in [3.05, 3.63) is 29.8 Å². The SMILES string of the molecule is CCCNC(c1ccccc1OC(F)F)C1CCCCC1. The van der Waals surface area contributed by atoms with Crippen LogP contribution in [0.15, 0.2) is 24.3 Å². The van der Waals surface area contributed by atoms with Gasteiger partial charge in [-0.1, -0.05) is 44.4 Å². The number of hydrogen-bond acceptors (Lipinski definition) is 2. The number of rotatable bonds is 7. The number of halogens is 2. The molecule has 1 unspecified atom stereocenters. The van der Waals surface area contributed by atoms with Gasteiger partial charge in [-0.3, -0.25) is 0 Å². The molecule has 4 heteroatoms. The summed E-state index contributed by atoms with van der Waals surface area (Å²) in [4.78, 5) is 0. The van der Waals surface area contributed by atoms with Crippen molar-refractivity contribution < 1.29 is 13.5 Å². The van der Waals surface area contributed by atoms with Crippen LogP contribution >= 0.6 is 0 Å². The van der Waals surface area contributed by atoms with Gasteiger partial charge in [0.25, 0.3) is 0 Å². The lowest BCUT2D eigenvalue weighted by atomic mass is 9.81. The molecule has 1 fully saturated rings. The minimum atomic E-state index is -2.77. The molecule has 0 amide bonds. The highest BCUT2D eigenvalue weighted by molar-refractivity contribution is 5.36. The molecular weight excluding hydrogens is 272 g/mol. The molecular formula is C17H25F2NO. The Morgan fingerprint density at radius 2 is 1.90 bits per heavy atom. The maximum atomic E-state index is 12.6. The minimum absolute atomic E-state index is 0.111. The Morgan fingerprint density at radius 1 is 1.19 bits per heavy atom. The van der Waals surface area contributed by atoms with Gasteiger partial charge in [0.15, 0.2) is 0 Å². The van der Waals surface area contributed by atoms with Crippen LogP contribution in [0.4, 0.5) is 8.78 Å². The second-order valence-corrected chi connectivity index (χ2v) is 5.75. The van der Waals surface area contributed by atoms with Crippen LogP contribution in [0.25, 0.3) is 0 Å². The normalized spacial score (nSPS) is 17.9. The van der Waals surface area contributed by atoms with E-state index in [2.05, 4.69) is 12.2 Å². The van der Waals surface area contributed by atoms with E-state index >= 15 is 0 Å². The first-order chi connectivity index (χ1) is 10.2. The van der Waals surface area contributed by atoms with E-state index in [1.54, 1.807) is 12.1 Å². The van der Waals surface area contributed by atoms with E-state index in [1.807, 2.05) is 12.1 Å². The van der Waals surface area contributed by atoms with Gasteiger partial charge in [0.2, 0.25) is 0 Å². The maximum absolute atomic E-state index is 12.6. The second kappa shape index (κ2) is 8.32. The highest BCUT2D eigenvalue weighted by Gasteiger charge is 2.27. The van der Waals surface area contributed by atoms with Crippen LogP contribution in [0, 0.1) is 5.92 Å². The number of alkyl halides is 2. The molecule has 0 radical (unpaired) electrons. The summed E-state index contributed by atoms with van der Waals surface area (Å²) in [6.07, 6.45) is 7.09. The van der Waals surface area contributed by atoms with Crippen LogP contribution < -0.4 is 10.1 Å². The topological polar surface area (TPSA) is 21.3 Å². The molecule has 0 aliphatic heterocycles. The molecule has 1 aliphatic carbocycles. The Bertz CT molecular complexity index is 419. The summed E-state index contributed by atoms with van der Waals surface area (Å²) >= 11 is 0. The molecule has 1 atom stereocenters. The van der Waals surface area contributed by atoms with Crippen LogP contribution in [0.5, 0.6) is 5.75 Å². The molecule has 0 saturated heterocycles. The van der Waals surface area contributed by atoms with Crippen LogP contribution in [0.3, 0.4) is 0 Å². The molecule has 0 bridgehead atoms. The van der Waals surface area contributed by atoms with E-state index in [0.29, 0.717) is 11.7 Å². The summed E-state index contributed by atoms with van der Waals surface area (Å²) in [7, 11) is 0. The van der Waals surface area contributed by atoms with E-state index in [4.69, 9.17) is 4.74 Å². The van der Waals surface area contributed by atoms with Crippen LogP contribution in [-0.4, -0.2) is 13.2 Å². The maximum Gasteiger partial charge on any atom is 0.387 e. The smallest absolute Gasteiger partial charge is 0.387 e. The summed E-state index contributed by atoms with van der Waals surface area (Å²) in [5.41, 5.74) is 0.873. The molecule has 0 aromatic heterocycles. The fraction of sp³-hybridized carbons (Fsp3) is 0.647. The molecule has 118 valence electrons. The van der Waals surface area contributed by atoms with Crippen molar-refractivity contribution in [1.29, 1.82) is 0 Å². The van der Waals surface area contributed by atoms with Crippen LogP contribution in [-0.2, 0) is 0 Å². The van der Waals surface area contributed by atoms with Crippen LogP contribution in [0.2, 0.25) is 0 Å². The van der Waals surface area contributed by atoms with Crippen LogP contribution in [0.1, 0.15) is 57.1 Å². The van der Waals surface area contributed by atoms with Gasteiger partial charge >= 0.3 is 6.61 Å². The zero-order chi connectivity index (χ0) is 15.1. The third kappa shape index (κ3) is 4.67. The van der Waals surface area contributed by atoms with Gasteiger partial charge in [-0.25, -0.2) is 0 Å². The predicted octanol–water partition coefficient (Wildman–Crippen LogP) is 4.91. The van der Waals surface area contributed by atoms with Crippen molar-refractivity contribution in [2.75, 3.05) is 6.54 Å². The Morgan fingerprint density at radius 3 is 2.57 bits per heavy atom. The van der Waals surface area contributed by atoms with Crippen molar-refractivity contribution in [2.24, 2.45) is 5.92 Å². The third-order valence-corrected chi connectivity index (χ3v) is 4.21. The highest BCUT2D eigenvalue weighted by atomic mass is 19.3. The van der Waals surface area contributed by atoms with Gasteiger partial charge in [-0.2, -0.15) is 8.78 Å². The molecule has 0 spiro atoms. The van der Waals surface area contributed by atoms with Gasteiger partial charge < -0.3 is 10.1 Å². The van der Waals surface area contributed by atoms with Crippen molar-refractivity contribution >= 4 is 0 Å². The monoisotopic (exact) mass is 297 g/mol. The first-order valence-corrected chi connectivity index (χ1v) is 7.99. The van der Waals surface area contributed by atoms with Gasteiger partial charge in [0.1, 0.15) is 5.75 Å². The molecule has 2 rings (SSSR count). The lowest BCUT2D eigenvalue weighted by Crippen LogP contribution is -2.31. The molecule has 1 N–H and O–H groups in total. The van der Waals surface area contributed by atoms with E-state index < -0.39 is 6.61 Å². The van der Waals surface area contributed by atoms with Crippen molar-refractivity contribution in [1.82, 2.24) is 5.32 Å². The average Bonchev–Trinajstić information content (AvgIpc) is 2.50. The zero-order valence-corrected chi connectivity index (χ0v) is 12.7. The Hall–Kier alpha value is -1.16. The fourth-order valence-electron chi connectivity index (χ4n) is 3.24. The summed E-state index contributed by atoms with van der Waals surface area (Å²) in [5.74, 6) is 0.819. The van der Waals surface area contributed by atoms with Gasteiger partial charge in [-0.05, 0) is 37.8 Å². The molecule has 21 heavy (non-hydrogen) atoms. The predicted molar refractivity (Wildman–Crippen MR) is 80.7 cm³/mol. The number of nitrogens with one attached hydrogen (secondary N) is 1. The highest BCUT2D eigenvalue weighted by Crippen LogP contribution is 2.38. The second-order valence-electron chi connectivity index (χ2n) is 5.75. The summed E-state index contributed by atoms with van der Waals surface area (Å²) in [6.45, 7) is 0.237. The van der Waals surface area contributed by atoms with E-state index in [9.17, 15) is 8.78 Å². The van der Waals surface area contributed by atoms with Crippen molar-refractivity contribution in [3.63, 3.8) is 0 Å². The molecule has 2 nitrogen and oxygen atoms in total. The number of ether oxygens (including phenoxy) is 1. The lowest BCUT2D eigenvalue weighted by Gasteiger charge is -2.32. The Labute approximate surface area is 125 Å². The quantitative estimate of drug-likeness (QED) is 0.772. The van der Waals surface area contributed by atoms with E-state index in [-0.39, 0.29) is 6.04 Å². The minimum Gasteiger partial charge on any atom is -0.434 e. The molecule has 1 aromatic carbocycles. The molecule has 1 saturated carbocycles. The average molecular weight is 297 g/mol. The molecule has 1 aromatic rings. The van der Waals surface area contributed by atoms with Gasteiger partial charge in [0, 0.05) is 11.6 Å². The first-order valence-electron chi connectivity index (χ1n) is 7.99. The number of benzene rings is 1. The third-order valence-electron chi connectivity index (χ3n) is 4.21. The Kier molecular flexibility index (Phi) is 6.43. The summed E-state index contributed by atoms with van der Waals surface area (Å²) < 4.78 is 30.0. The van der Waals surface area contributed by atoms with Crippen molar-refractivity contribution in [2.45, 2.75) is 58.1 Å². The van der Waals surface area contributed by atoms with E-state index in [0.717, 1.165) is 31.4 Å². The summed E-state index contributed by atoms with van der Waals surface area (Å²) in [6, 6.07) is 7.32. The largest absolute Gasteiger partial charge is 0.434 e. The molecule has 0 heterocycles. The lowest BCUT2D eigenvalue weighted by molar-refractivity contribution is -0.0509. The van der Waals surface area contributed by atoms with Gasteiger partial charge in [0.05, 0.1) is 0 Å². The first kappa shape index (κ1) is 16.2. The zero-order valence-electron chi connectivity index (χ0n) is 12.7. The Balaban J connectivity index is 2.22. The number of para-hydroxylation sites is 1.